The number of piperidine rings is 1. The van der Waals surface area contributed by atoms with Gasteiger partial charge in [-0.2, -0.15) is 0 Å². The number of nitro benzene ring substituents is 1. The lowest BCUT2D eigenvalue weighted by Crippen LogP contribution is -2.43. The Morgan fingerprint density at radius 1 is 1.21 bits per heavy atom. The molecule has 1 heterocycles. The fourth-order valence-electron chi connectivity index (χ4n) is 3.23. The molecule has 1 atom stereocenters. The number of amides is 2. The molecule has 28 heavy (non-hydrogen) atoms. The summed E-state index contributed by atoms with van der Waals surface area (Å²) in [7, 11) is 0. The predicted molar refractivity (Wildman–Crippen MR) is 107 cm³/mol. The van der Waals surface area contributed by atoms with Crippen LogP contribution in [0.3, 0.4) is 0 Å². The zero-order valence-corrected chi connectivity index (χ0v) is 16.1. The van der Waals surface area contributed by atoms with Crippen LogP contribution in [0.2, 0.25) is 5.02 Å². The average molecular weight is 402 g/mol. The maximum atomic E-state index is 12.7. The number of nitrogens with zero attached hydrogens (tertiary/aromatic N) is 2. The van der Waals surface area contributed by atoms with Crippen molar-refractivity contribution in [1.82, 2.24) is 4.90 Å². The minimum Gasteiger partial charge on any atom is -0.338 e. The summed E-state index contributed by atoms with van der Waals surface area (Å²) in [5.74, 6) is -0.740. The molecule has 0 saturated carbocycles. The van der Waals surface area contributed by atoms with Crippen molar-refractivity contribution in [3.8, 4) is 0 Å². The van der Waals surface area contributed by atoms with Crippen molar-refractivity contribution in [2.75, 3.05) is 18.4 Å². The van der Waals surface area contributed by atoms with E-state index in [9.17, 15) is 19.7 Å². The number of likely N-dealkylation sites (tertiary alicyclic amines) is 1. The molecule has 1 saturated heterocycles. The van der Waals surface area contributed by atoms with E-state index in [4.69, 9.17) is 11.6 Å². The minimum absolute atomic E-state index is 0.00975. The molecule has 7 nitrogen and oxygen atoms in total. The number of benzene rings is 2. The molecule has 0 spiro atoms. The van der Waals surface area contributed by atoms with Crippen LogP contribution >= 0.6 is 11.6 Å². The molecule has 2 aromatic rings. The van der Waals surface area contributed by atoms with Gasteiger partial charge in [0.1, 0.15) is 5.02 Å². The fourth-order valence-corrected chi connectivity index (χ4v) is 3.42. The number of carbonyl (C=O) groups is 2. The molecule has 0 unspecified atom stereocenters. The summed E-state index contributed by atoms with van der Waals surface area (Å²) in [5.41, 5.74) is 1.71. The first-order chi connectivity index (χ1) is 13.3. The molecule has 1 fully saturated rings. The summed E-state index contributed by atoms with van der Waals surface area (Å²) in [6, 6.07) is 11.5. The monoisotopic (exact) mass is 401 g/mol. The molecular formula is C20H20ClN3O4. The SMILES string of the molecule is Cc1ccc(C(=O)N2CCC[C@H](C(=O)Nc3ccc(Cl)c([N+](=O)[O-])c3)C2)cc1. The number of nitro groups is 1. The van der Waals surface area contributed by atoms with Crippen LogP contribution in [0.1, 0.15) is 28.8 Å². The van der Waals surface area contributed by atoms with Crippen LogP contribution in [0, 0.1) is 23.0 Å². The van der Waals surface area contributed by atoms with Gasteiger partial charge in [-0.3, -0.25) is 19.7 Å². The van der Waals surface area contributed by atoms with E-state index in [2.05, 4.69) is 5.32 Å². The van der Waals surface area contributed by atoms with E-state index >= 15 is 0 Å². The Bertz CT molecular complexity index is 914. The van der Waals surface area contributed by atoms with Crippen LogP contribution in [0.25, 0.3) is 0 Å². The molecule has 1 aliphatic rings. The zero-order valence-electron chi connectivity index (χ0n) is 15.4. The van der Waals surface area contributed by atoms with Gasteiger partial charge in [0.25, 0.3) is 11.6 Å². The topological polar surface area (TPSA) is 92.6 Å². The van der Waals surface area contributed by atoms with Gasteiger partial charge in [-0.1, -0.05) is 29.3 Å². The van der Waals surface area contributed by atoms with E-state index in [0.29, 0.717) is 30.8 Å². The summed E-state index contributed by atoms with van der Waals surface area (Å²) >= 11 is 5.80. The second kappa shape index (κ2) is 8.39. The third-order valence-corrected chi connectivity index (χ3v) is 5.11. The highest BCUT2D eigenvalue weighted by Crippen LogP contribution is 2.28. The van der Waals surface area contributed by atoms with Crippen molar-refractivity contribution >= 4 is 34.8 Å². The lowest BCUT2D eigenvalue weighted by molar-refractivity contribution is -0.384. The number of nitrogens with one attached hydrogen (secondary N) is 1. The Hall–Kier alpha value is -2.93. The van der Waals surface area contributed by atoms with Gasteiger partial charge in [0.15, 0.2) is 0 Å². The average Bonchev–Trinajstić information content (AvgIpc) is 2.69. The van der Waals surface area contributed by atoms with E-state index in [0.717, 1.165) is 12.0 Å². The number of aryl methyl sites for hydroxylation is 1. The van der Waals surface area contributed by atoms with Crippen molar-refractivity contribution in [3.05, 3.63) is 68.7 Å². The molecule has 0 aromatic heterocycles. The highest BCUT2D eigenvalue weighted by Gasteiger charge is 2.29. The van der Waals surface area contributed by atoms with Crippen LogP contribution in [-0.4, -0.2) is 34.7 Å². The predicted octanol–water partition coefficient (Wildman–Crippen LogP) is 4.05. The zero-order chi connectivity index (χ0) is 20.3. The molecule has 1 N–H and O–H groups in total. The Morgan fingerprint density at radius 3 is 2.61 bits per heavy atom. The summed E-state index contributed by atoms with van der Waals surface area (Å²) < 4.78 is 0. The van der Waals surface area contributed by atoms with Crippen LogP contribution in [0.5, 0.6) is 0 Å². The Labute approximate surface area is 167 Å². The molecule has 0 radical (unpaired) electrons. The van der Waals surface area contributed by atoms with Gasteiger partial charge in [-0.05, 0) is 44.0 Å². The minimum atomic E-state index is -0.597. The number of halogens is 1. The van der Waals surface area contributed by atoms with Gasteiger partial charge in [0.2, 0.25) is 5.91 Å². The smallest absolute Gasteiger partial charge is 0.289 e. The second-order valence-corrected chi connectivity index (χ2v) is 7.28. The number of carbonyl (C=O) groups excluding carboxylic acids is 2. The summed E-state index contributed by atoms with van der Waals surface area (Å²) in [6.45, 7) is 2.87. The van der Waals surface area contributed by atoms with Gasteiger partial charge < -0.3 is 10.2 Å². The first-order valence-corrected chi connectivity index (χ1v) is 9.33. The molecule has 1 aliphatic heterocycles. The number of hydrogen-bond acceptors (Lipinski definition) is 4. The van der Waals surface area contributed by atoms with Gasteiger partial charge in [0, 0.05) is 30.4 Å². The molecular weight excluding hydrogens is 382 g/mol. The second-order valence-electron chi connectivity index (χ2n) is 6.87. The van der Waals surface area contributed by atoms with Crippen LogP contribution in [0.15, 0.2) is 42.5 Å². The Balaban J connectivity index is 1.67. The van der Waals surface area contributed by atoms with E-state index in [1.807, 2.05) is 19.1 Å². The van der Waals surface area contributed by atoms with Gasteiger partial charge in [-0.15, -0.1) is 0 Å². The summed E-state index contributed by atoms with van der Waals surface area (Å²) in [5, 5.41) is 13.7. The highest BCUT2D eigenvalue weighted by molar-refractivity contribution is 6.32. The van der Waals surface area contributed by atoms with Gasteiger partial charge in [0.05, 0.1) is 10.8 Å². The van der Waals surface area contributed by atoms with Crippen molar-refractivity contribution in [2.24, 2.45) is 5.92 Å². The maximum Gasteiger partial charge on any atom is 0.289 e. The largest absolute Gasteiger partial charge is 0.338 e. The number of hydrogen-bond donors (Lipinski definition) is 1. The standard InChI is InChI=1S/C20H20ClN3O4/c1-13-4-6-14(7-5-13)20(26)23-10-2-3-15(12-23)19(25)22-16-8-9-17(21)18(11-16)24(27)28/h4-9,11,15H,2-3,10,12H2,1H3,(H,22,25)/t15-/m0/s1. The van der Waals surface area contributed by atoms with Crippen molar-refractivity contribution in [1.29, 1.82) is 0 Å². The van der Waals surface area contributed by atoms with E-state index in [-0.39, 0.29) is 28.4 Å². The lowest BCUT2D eigenvalue weighted by Gasteiger charge is -2.32. The quantitative estimate of drug-likeness (QED) is 0.617. The van der Waals surface area contributed by atoms with Crippen molar-refractivity contribution in [2.45, 2.75) is 19.8 Å². The summed E-state index contributed by atoms with van der Waals surface area (Å²) in [4.78, 5) is 37.4. The lowest BCUT2D eigenvalue weighted by atomic mass is 9.96. The van der Waals surface area contributed by atoms with E-state index in [1.54, 1.807) is 17.0 Å². The third kappa shape index (κ3) is 4.48. The van der Waals surface area contributed by atoms with Crippen molar-refractivity contribution < 1.29 is 14.5 Å². The first-order valence-electron chi connectivity index (χ1n) is 8.96. The molecule has 8 heteroatoms. The molecule has 146 valence electrons. The molecule has 0 aliphatic carbocycles. The highest BCUT2D eigenvalue weighted by atomic mass is 35.5. The first kappa shape index (κ1) is 19.8. The van der Waals surface area contributed by atoms with E-state index in [1.165, 1.54) is 18.2 Å². The number of anilines is 1. The summed E-state index contributed by atoms with van der Waals surface area (Å²) in [6.07, 6.45) is 1.37. The fraction of sp³-hybridized carbons (Fsp3) is 0.300. The number of rotatable bonds is 4. The maximum absolute atomic E-state index is 12.7. The van der Waals surface area contributed by atoms with Crippen LogP contribution in [0.4, 0.5) is 11.4 Å². The Morgan fingerprint density at radius 2 is 1.93 bits per heavy atom. The third-order valence-electron chi connectivity index (χ3n) is 4.79. The molecule has 3 rings (SSSR count). The van der Waals surface area contributed by atoms with E-state index < -0.39 is 4.92 Å². The van der Waals surface area contributed by atoms with Crippen molar-refractivity contribution in [3.63, 3.8) is 0 Å². The van der Waals surface area contributed by atoms with Gasteiger partial charge in [-0.25, -0.2) is 0 Å². The molecule has 2 amide bonds. The van der Waals surface area contributed by atoms with Gasteiger partial charge >= 0.3 is 0 Å². The van der Waals surface area contributed by atoms with Crippen LogP contribution in [-0.2, 0) is 4.79 Å². The van der Waals surface area contributed by atoms with Crippen LogP contribution < -0.4 is 5.32 Å². The molecule has 0 bridgehead atoms. The molecule has 2 aromatic carbocycles. The Kier molecular flexibility index (Phi) is 5.94. The normalized spacial score (nSPS) is 16.5.